The highest BCUT2D eigenvalue weighted by atomic mass is 79.9. The fraction of sp³-hybridized carbons (Fsp3) is 0.167. The third-order valence-electron chi connectivity index (χ3n) is 4.04. The van der Waals surface area contributed by atoms with Gasteiger partial charge in [0, 0.05) is 22.5 Å². The first-order chi connectivity index (χ1) is 11.9. The molecule has 0 aliphatic heterocycles. The molecule has 1 heterocycles. The summed E-state index contributed by atoms with van der Waals surface area (Å²) in [6.45, 7) is 1.90. The van der Waals surface area contributed by atoms with Crippen molar-refractivity contribution < 1.29 is 17.9 Å². The summed E-state index contributed by atoms with van der Waals surface area (Å²) >= 11 is 3.43. The minimum atomic E-state index is -3.78. The minimum Gasteiger partial charge on any atom is -0.494 e. The smallest absolute Gasteiger partial charge is 0.268 e. The van der Waals surface area contributed by atoms with Crippen molar-refractivity contribution in [3.63, 3.8) is 0 Å². The number of carbonyl (C=O) groups excluding carboxylic acids is 1. The second-order valence-electron chi connectivity index (χ2n) is 5.60. The van der Waals surface area contributed by atoms with E-state index in [1.54, 1.807) is 36.4 Å². The van der Waals surface area contributed by atoms with E-state index in [-0.39, 0.29) is 11.3 Å². The van der Waals surface area contributed by atoms with E-state index < -0.39 is 10.0 Å². The highest BCUT2D eigenvalue weighted by molar-refractivity contribution is 9.10. The Hall–Kier alpha value is -2.12. The molecule has 0 spiro atoms. The van der Waals surface area contributed by atoms with Crippen molar-refractivity contribution in [1.82, 2.24) is 3.97 Å². The molecule has 3 rings (SSSR count). The normalized spacial score (nSPS) is 11.6. The van der Waals surface area contributed by atoms with Crippen LogP contribution in [0.15, 0.2) is 52.0 Å². The van der Waals surface area contributed by atoms with Crippen LogP contribution in [0.25, 0.3) is 10.9 Å². The van der Waals surface area contributed by atoms with Gasteiger partial charge in [0.25, 0.3) is 10.0 Å². The molecule has 1 aromatic heterocycles. The van der Waals surface area contributed by atoms with Crippen LogP contribution in [0, 0.1) is 6.92 Å². The summed E-state index contributed by atoms with van der Waals surface area (Å²) in [4.78, 5) is 11.2. The number of hydrogen-bond acceptors (Lipinski definition) is 4. The quantitative estimate of drug-likeness (QED) is 0.589. The van der Waals surface area contributed by atoms with Crippen molar-refractivity contribution >= 4 is 43.1 Å². The fourth-order valence-electron chi connectivity index (χ4n) is 2.77. The van der Waals surface area contributed by atoms with E-state index in [0.717, 1.165) is 17.4 Å². The molecule has 0 aliphatic rings. The van der Waals surface area contributed by atoms with Crippen molar-refractivity contribution in [2.45, 2.75) is 18.2 Å². The lowest BCUT2D eigenvalue weighted by molar-refractivity contribution is -0.107. The van der Waals surface area contributed by atoms with Gasteiger partial charge < -0.3 is 9.53 Å². The van der Waals surface area contributed by atoms with Crippen LogP contribution in [0.3, 0.4) is 0 Å². The van der Waals surface area contributed by atoms with Gasteiger partial charge in [-0.2, -0.15) is 0 Å². The van der Waals surface area contributed by atoms with Crippen LogP contribution in [0.5, 0.6) is 5.75 Å². The molecule has 0 aliphatic carbocycles. The Bertz CT molecular complexity index is 1050. The lowest BCUT2D eigenvalue weighted by atomic mass is 10.1. The monoisotopic (exact) mass is 421 g/mol. The number of methoxy groups -OCH3 is 1. The number of aromatic nitrogens is 1. The van der Waals surface area contributed by atoms with E-state index in [2.05, 4.69) is 15.9 Å². The lowest BCUT2D eigenvalue weighted by Crippen LogP contribution is -2.12. The van der Waals surface area contributed by atoms with Crippen molar-refractivity contribution in [1.29, 1.82) is 0 Å². The molecular weight excluding hydrogens is 406 g/mol. The molecule has 25 heavy (non-hydrogen) atoms. The SMILES string of the molecule is COc1cc(Br)c(CC=O)c2ccn(S(=O)(=O)c3ccc(C)cc3)c12. The van der Waals surface area contributed by atoms with E-state index in [1.165, 1.54) is 17.3 Å². The predicted molar refractivity (Wildman–Crippen MR) is 99.7 cm³/mol. The Morgan fingerprint density at radius 3 is 2.48 bits per heavy atom. The summed E-state index contributed by atoms with van der Waals surface area (Å²) in [6, 6.07) is 10.0. The summed E-state index contributed by atoms with van der Waals surface area (Å²) in [7, 11) is -2.30. The van der Waals surface area contributed by atoms with Gasteiger partial charge in [-0.1, -0.05) is 33.6 Å². The number of rotatable bonds is 5. The molecule has 130 valence electrons. The summed E-state index contributed by atoms with van der Waals surface area (Å²) < 4.78 is 33.4. The van der Waals surface area contributed by atoms with Gasteiger partial charge in [0.05, 0.1) is 12.0 Å². The zero-order valence-corrected chi connectivity index (χ0v) is 16.1. The van der Waals surface area contributed by atoms with Gasteiger partial charge in [-0.25, -0.2) is 12.4 Å². The molecule has 5 nitrogen and oxygen atoms in total. The highest BCUT2D eigenvalue weighted by Crippen LogP contribution is 2.37. The van der Waals surface area contributed by atoms with Gasteiger partial charge in [0.2, 0.25) is 0 Å². The number of carbonyl (C=O) groups is 1. The molecule has 0 saturated heterocycles. The van der Waals surface area contributed by atoms with Gasteiger partial charge in [-0.15, -0.1) is 0 Å². The first kappa shape index (κ1) is 17.7. The predicted octanol–water partition coefficient (Wildman–Crippen LogP) is 3.70. The Kier molecular flexibility index (Phi) is 4.71. The molecule has 2 aromatic carbocycles. The summed E-state index contributed by atoms with van der Waals surface area (Å²) in [5.41, 5.74) is 2.12. The highest BCUT2D eigenvalue weighted by Gasteiger charge is 2.23. The Labute approximate surface area is 154 Å². The molecule has 0 saturated carbocycles. The van der Waals surface area contributed by atoms with Crippen molar-refractivity contribution in [2.75, 3.05) is 7.11 Å². The van der Waals surface area contributed by atoms with Crippen LogP contribution in [0.1, 0.15) is 11.1 Å². The number of benzene rings is 2. The molecule has 0 amide bonds. The van der Waals surface area contributed by atoms with E-state index in [4.69, 9.17) is 4.74 Å². The number of nitrogens with zero attached hydrogens (tertiary/aromatic N) is 1. The maximum atomic E-state index is 13.1. The molecule has 3 aromatic rings. The van der Waals surface area contributed by atoms with Crippen LogP contribution in [0.4, 0.5) is 0 Å². The minimum absolute atomic E-state index is 0.176. The summed E-state index contributed by atoms with van der Waals surface area (Å²) in [5.74, 6) is 0.414. The average molecular weight is 422 g/mol. The van der Waals surface area contributed by atoms with E-state index in [1.807, 2.05) is 6.92 Å². The van der Waals surface area contributed by atoms with Crippen molar-refractivity contribution in [3.8, 4) is 5.75 Å². The Balaban J connectivity index is 2.32. The number of halogens is 1. The molecule has 7 heteroatoms. The largest absolute Gasteiger partial charge is 0.494 e. The van der Waals surface area contributed by atoms with Crippen molar-refractivity contribution in [3.05, 3.63) is 58.2 Å². The van der Waals surface area contributed by atoms with Crippen LogP contribution in [-0.4, -0.2) is 25.8 Å². The summed E-state index contributed by atoms with van der Waals surface area (Å²) in [5, 5.41) is 0.661. The topological polar surface area (TPSA) is 65.4 Å². The van der Waals surface area contributed by atoms with Crippen LogP contribution < -0.4 is 4.74 Å². The number of ether oxygens (including phenoxy) is 1. The number of aryl methyl sites for hydroxylation is 1. The second-order valence-corrected chi connectivity index (χ2v) is 8.27. The number of aldehydes is 1. The molecular formula is C18H16BrNO4S. The van der Waals surface area contributed by atoms with Crippen LogP contribution >= 0.6 is 15.9 Å². The zero-order chi connectivity index (χ0) is 18.2. The van der Waals surface area contributed by atoms with Gasteiger partial charge in [0.1, 0.15) is 17.6 Å². The van der Waals surface area contributed by atoms with E-state index in [0.29, 0.717) is 21.1 Å². The molecule has 0 unspecified atom stereocenters. The third-order valence-corrected chi connectivity index (χ3v) is 6.44. The van der Waals surface area contributed by atoms with Gasteiger partial charge in [-0.05, 0) is 36.8 Å². The van der Waals surface area contributed by atoms with E-state index in [9.17, 15) is 13.2 Å². The van der Waals surface area contributed by atoms with Gasteiger partial charge in [-0.3, -0.25) is 0 Å². The third kappa shape index (κ3) is 2.98. The Morgan fingerprint density at radius 1 is 1.20 bits per heavy atom. The van der Waals surface area contributed by atoms with Crippen LogP contribution in [0.2, 0.25) is 0 Å². The lowest BCUT2D eigenvalue weighted by Gasteiger charge is -2.13. The van der Waals surface area contributed by atoms with Crippen molar-refractivity contribution in [2.24, 2.45) is 0 Å². The summed E-state index contributed by atoms with van der Waals surface area (Å²) in [6.07, 6.45) is 2.45. The van der Waals surface area contributed by atoms with Gasteiger partial charge >= 0.3 is 0 Å². The standard InChI is InChI=1S/C18H16BrNO4S/c1-12-3-5-13(6-4-12)25(22,23)20-9-7-15-14(8-10-21)16(19)11-17(24-2)18(15)20/h3-7,9-11H,8H2,1-2H3. The van der Waals surface area contributed by atoms with Crippen LogP contribution in [-0.2, 0) is 21.2 Å². The van der Waals surface area contributed by atoms with E-state index >= 15 is 0 Å². The Morgan fingerprint density at radius 2 is 1.88 bits per heavy atom. The molecule has 0 fully saturated rings. The first-order valence-corrected chi connectivity index (χ1v) is 9.75. The molecule has 0 N–H and O–H groups in total. The second kappa shape index (κ2) is 6.65. The molecule has 0 bridgehead atoms. The number of fused-ring (bicyclic) bond motifs is 1. The molecule has 0 radical (unpaired) electrons. The van der Waals surface area contributed by atoms with Gasteiger partial charge in [0.15, 0.2) is 0 Å². The average Bonchev–Trinajstić information content (AvgIpc) is 3.03. The fourth-order valence-corrected chi connectivity index (χ4v) is 4.71. The molecule has 0 atom stereocenters. The maximum Gasteiger partial charge on any atom is 0.268 e. The maximum absolute atomic E-state index is 13.1. The number of hydrogen-bond donors (Lipinski definition) is 0. The zero-order valence-electron chi connectivity index (χ0n) is 13.7. The first-order valence-electron chi connectivity index (χ1n) is 7.52.